The average molecular weight is 249 g/mol. The first-order chi connectivity index (χ1) is 8.70. The molecule has 1 saturated heterocycles. The Morgan fingerprint density at radius 1 is 1.56 bits per heavy atom. The van der Waals surface area contributed by atoms with Crippen LogP contribution in [0.3, 0.4) is 0 Å². The number of benzene rings is 1. The second kappa shape index (κ2) is 5.87. The molecule has 1 fully saturated rings. The number of nitrogens with zero attached hydrogens (tertiary/aromatic N) is 1. The van der Waals surface area contributed by atoms with Gasteiger partial charge in [0.25, 0.3) is 0 Å². The van der Waals surface area contributed by atoms with Crippen LogP contribution in [0.25, 0.3) is 0 Å². The summed E-state index contributed by atoms with van der Waals surface area (Å²) in [5.74, 6) is 1.23. The van der Waals surface area contributed by atoms with Gasteiger partial charge >= 0.3 is 0 Å². The first-order valence-corrected chi connectivity index (χ1v) is 6.21. The summed E-state index contributed by atoms with van der Waals surface area (Å²) in [5.41, 5.74) is 2.53. The Kier molecular flexibility index (Phi) is 4.20. The number of ether oxygens (including phenoxy) is 2. The first-order valence-electron chi connectivity index (χ1n) is 6.21. The van der Waals surface area contributed by atoms with E-state index in [4.69, 9.17) is 14.7 Å². The summed E-state index contributed by atoms with van der Waals surface area (Å²) in [7, 11) is 0. The van der Waals surface area contributed by atoms with E-state index in [2.05, 4.69) is 5.16 Å². The van der Waals surface area contributed by atoms with E-state index in [1.165, 1.54) is 0 Å². The van der Waals surface area contributed by atoms with Crippen LogP contribution in [0, 0.1) is 12.8 Å². The van der Waals surface area contributed by atoms with Crippen molar-refractivity contribution in [1.29, 1.82) is 0 Å². The molecule has 2 rings (SSSR count). The second-order valence-corrected chi connectivity index (χ2v) is 4.73. The van der Waals surface area contributed by atoms with E-state index >= 15 is 0 Å². The molecule has 0 amide bonds. The minimum Gasteiger partial charge on any atom is -0.493 e. The van der Waals surface area contributed by atoms with Crippen LogP contribution < -0.4 is 4.74 Å². The van der Waals surface area contributed by atoms with Crippen LogP contribution in [-0.4, -0.2) is 30.7 Å². The highest BCUT2D eigenvalue weighted by atomic mass is 16.5. The fourth-order valence-electron chi connectivity index (χ4n) is 2.03. The van der Waals surface area contributed by atoms with E-state index < -0.39 is 0 Å². The molecule has 0 saturated carbocycles. The molecule has 1 atom stereocenters. The normalized spacial score (nSPS) is 20.1. The molecule has 0 radical (unpaired) electrons. The molecule has 1 N–H and O–H groups in total. The van der Waals surface area contributed by atoms with Crippen molar-refractivity contribution in [2.24, 2.45) is 11.1 Å². The van der Waals surface area contributed by atoms with E-state index in [-0.39, 0.29) is 0 Å². The van der Waals surface area contributed by atoms with E-state index in [1.54, 1.807) is 6.92 Å². The molecule has 98 valence electrons. The van der Waals surface area contributed by atoms with Crippen LogP contribution in [0.2, 0.25) is 0 Å². The fraction of sp³-hybridized carbons (Fsp3) is 0.500. The van der Waals surface area contributed by atoms with Crippen molar-refractivity contribution in [3.05, 3.63) is 29.3 Å². The smallest absolute Gasteiger partial charge is 0.128 e. The zero-order valence-electron chi connectivity index (χ0n) is 10.8. The summed E-state index contributed by atoms with van der Waals surface area (Å²) in [6.45, 7) is 6.01. The summed E-state index contributed by atoms with van der Waals surface area (Å²) in [5, 5.41) is 12.1. The van der Waals surface area contributed by atoms with E-state index in [1.807, 2.05) is 25.1 Å². The minimum atomic E-state index is 0.463. The van der Waals surface area contributed by atoms with Crippen LogP contribution in [0.4, 0.5) is 0 Å². The van der Waals surface area contributed by atoms with Gasteiger partial charge in [0.2, 0.25) is 0 Å². The van der Waals surface area contributed by atoms with E-state index in [9.17, 15) is 0 Å². The Morgan fingerprint density at radius 3 is 3.06 bits per heavy atom. The summed E-state index contributed by atoms with van der Waals surface area (Å²) in [6.07, 6.45) is 1.05. The predicted molar refractivity (Wildman–Crippen MR) is 69.6 cm³/mol. The standard InChI is InChI=1S/C14H19NO3/c1-10-3-4-14(13(7-10)11(2)15-16)18-9-12-5-6-17-8-12/h3-4,7,12,16H,5-6,8-9H2,1-2H3. The van der Waals surface area contributed by atoms with Crippen LogP contribution in [0.15, 0.2) is 23.4 Å². The van der Waals surface area contributed by atoms with Gasteiger partial charge in [0, 0.05) is 18.1 Å². The Balaban J connectivity index is 2.10. The van der Waals surface area contributed by atoms with Crippen LogP contribution in [0.1, 0.15) is 24.5 Å². The summed E-state index contributed by atoms with van der Waals surface area (Å²) >= 11 is 0. The summed E-state index contributed by atoms with van der Waals surface area (Å²) < 4.78 is 11.1. The lowest BCUT2D eigenvalue weighted by Crippen LogP contribution is -2.13. The maximum Gasteiger partial charge on any atom is 0.128 e. The zero-order valence-corrected chi connectivity index (χ0v) is 10.8. The molecule has 0 aromatic heterocycles. The summed E-state index contributed by atoms with van der Waals surface area (Å²) in [6, 6.07) is 5.89. The molecule has 1 heterocycles. The first kappa shape index (κ1) is 12.9. The average Bonchev–Trinajstić information content (AvgIpc) is 2.89. The Hall–Kier alpha value is -1.55. The van der Waals surface area contributed by atoms with Gasteiger partial charge in [-0.25, -0.2) is 0 Å². The van der Waals surface area contributed by atoms with Crippen molar-refractivity contribution < 1.29 is 14.7 Å². The predicted octanol–water partition coefficient (Wildman–Crippen LogP) is 2.61. The fourth-order valence-corrected chi connectivity index (χ4v) is 2.03. The highest BCUT2D eigenvalue weighted by Gasteiger charge is 2.17. The van der Waals surface area contributed by atoms with Gasteiger partial charge in [-0.2, -0.15) is 0 Å². The van der Waals surface area contributed by atoms with Crippen LogP contribution in [0.5, 0.6) is 5.75 Å². The van der Waals surface area contributed by atoms with Crippen molar-refractivity contribution in [2.75, 3.05) is 19.8 Å². The molecule has 0 spiro atoms. The van der Waals surface area contributed by atoms with Crippen LogP contribution in [-0.2, 0) is 4.74 Å². The Morgan fingerprint density at radius 2 is 2.39 bits per heavy atom. The van der Waals surface area contributed by atoms with E-state index in [0.29, 0.717) is 18.2 Å². The molecule has 18 heavy (non-hydrogen) atoms. The van der Waals surface area contributed by atoms with Gasteiger partial charge in [0.1, 0.15) is 5.75 Å². The Labute approximate surface area is 107 Å². The van der Waals surface area contributed by atoms with Crippen molar-refractivity contribution in [3.63, 3.8) is 0 Å². The quantitative estimate of drug-likeness (QED) is 0.507. The third-order valence-electron chi connectivity index (χ3n) is 3.17. The molecule has 1 aromatic carbocycles. The lowest BCUT2D eigenvalue weighted by molar-refractivity contribution is 0.167. The minimum absolute atomic E-state index is 0.463. The lowest BCUT2D eigenvalue weighted by atomic mass is 10.1. The maximum atomic E-state index is 8.90. The number of hydrogen-bond donors (Lipinski definition) is 1. The molecule has 1 aromatic rings. The highest BCUT2D eigenvalue weighted by Crippen LogP contribution is 2.23. The van der Waals surface area contributed by atoms with Crippen molar-refractivity contribution in [3.8, 4) is 5.75 Å². The highest BCUT2D eigenvalue weighted by molar-refractivity contribution is 6.00. The third kappa shape index (κ3) is 3.01. The zero-order chi connectivity index (χ0) is 13.0. The molecule has 0 aliphatic carbocycles. The third-order valence-corrected chi connectivity index (χ3v) is 3.17. The number of oxime groups is 1. The molecule has 1 aliphatic heterocycles. The molecular formula is C14H19NO3. The maximum absolute atomic E-state index is 8.90. The topological polar surface area (TPSA) is 51.1 Å². The van der Waals surface area contributed by atoms with Gasteiger partial charge in [-0.1, -0.05) is 16.8 Å². The molecular weight excluding hydrogens is 230 g/mol. The van der Waals surface area contributed by atoms with Gasteiger partial charge in [-0.3, -0.25) is 0 Å². The molecule has 0 bridgehead atoms. The van der Waals surface area contributed by atoms with Crippen molar-refractivity contribution in [1.82, 2.24) is 0 Å². The second-order valence-electron chi connectivity index (χ2n) is 4.73. The van der Waals surface area contributed by atoms with E-state index in [0.717, 1.165) is 36.5 Å². The number of rotatable bonds is 4. The molecule has 4 heteroatoms. The van der Waals surface area contributed by atoms with Gasteiger partial charge < -0.3 is 14.7 Å². The number of aryl methyl sites for hydroxylation is 1. The van der Waals surface area contributed by atoms with Gasteiger partial charge in [-0.05, 0) is 32.4 Å². The van der Waals surface area contributed by atoms with Crippen molar-refractivity contribution >= 4 is 5.71 Å². The number of hydrogen-bond acceptors (Lipinski definition) is 4. The molecule has 1 aliphatic rings. The van der Waals surface area contributed by atoms with Crippen LogP contribution >= 0.6 is 0 Å². The SMILES string of the molecule is CC(=NO)c1cc(C)ccc1OCC1CCOC1. The monoisotopic (exact) mass is 249 g/mol. The van der Waals surface area contributed by atoms with Crippen molar-refractivity contribution in [2.45, 2.75) is 20.3 Å². The van der Waals surface area contributed by atoms with Gasteiger partial charge in [0.15, 0.2) is 0 Å². The Bertz CT molecular complexity index is 437. The van der Waals surface area contributed by atoms with Gasteiger partial charge in [-0.15, -0.1) is 0 Å². The molecule has 4 nitrogen and oxygen atoms in total. The largest absolute Gasteiger partial charge is 0.493 e. The lowest BCUT2D eigenvalue weighted by Gasteiger charge is -2.14. The van der Waals surface area contributed by atoms with Gasteiger partial charge in [0.05, 0.1) is 18.9 Å². The molecule has 1 unspecified atom stereocenters. The summed E-state index contributed by atoms with van der Waals surface area (Å²) in [4.78, 5) is 0.